The number of ether oxygens (including phenoxy) is 2. The number of hydrogen-bond donors (Lipinski definition) is 1. The van der Waals surface area contributed by atoms with Crippen LogP contribution in [0, 0.1) is 5.82 Å². The van der Waals surface area contributed by atoms with Gasteiger partial charge in [0.25, 0.3) is 0 Å². The molecule has 2 unspecified atom stereocenters. The van der Waals surface area contributed by atoms with Crippen LogP contribution < -0.4 is 10.6 Å². The van der Waals surface area contributed by atoms with Crippen LogP contribution in [0.1, 0.15) is 5.56 Å². The van der Waals surface area contributed by atoms with Gasteiger partial charge in [-0.1, -0.05) is 6.07 Å². The van der Waals surface area contributed by atoms with Crippen LogP contribution in [0.3, 0.4) is 0 Å². The van der Waals surface area contributed by atoms with Crippen molar-refractivity contribution in [3.8, 4) is 0 Å². The molecule has 1 aliphatic rings. The van der Waals surface area contributed by atoms with Crippen molar-refractivity contribution in [3.63, 3.8) is 0 Å². The molecule has 100 valence electrons. The largest absolute Gasteiger partial charge is 0.377 e. The Kier molecular flexibility index (Phi) is 4.16. The van der Waals surface area contributed by atoms with Crippen LogP contribution in [0.2, 0.25) is 0 Å². The van der Waals surface area contributed by atoms with Crippen molar-refractivity contribution in [1.29, 1.82) is 0 Å². The van der Waals surface area contributed by atoms with Gasteiger partial charge in [0, 0.05) is 45.1 Å². The van der Waals surface area contributed by atoms with E-state index in [2.05, 4.69) is 4.90 Å². The first-order valence-corrected chi connectivity index (χ1v) is 5.98. The standard InChI is InChI=1S/C13H19FN2O2/c1-17-12-7-16(8-13(12)18-2)10-4-3-9(6-15)11(14)5-10/h3-5,12-13H,6-8,15H2,1-2H3. The van der Waals surface area contributed by atoms with Crippen molar-refractivity contribution in [1.82, 2.24) is 0 Å². The molecule has 18 heavy (non-hydrogen) atoms. The van der Waals surface area contributed by atoms with Crippen LogP contribution in [0.5, 0.6) is 0 Å². The summed E-state index contributed by atoms with van der Waals surface area (Å²) in [7, 11) is 3.33. The average Bonchev–Trinajstić information content (AvgIpc) is 2.81. The van der Waals surface area contributed by atoms with Gasteiger partial charge in [0.1, 0.15) is 18.0 Å². The first-order valence-electron chi connectivity index (χ1n) is 5.98. The normalized spacial score (nSPS) is 23.7. The minimum absolute atomic E-state index is 0.0206. The van der Waals surface area contributed by atoms with Crippen LogP contribution in [0.15, 0.2) is 18.2 Å². The van der Waals surface area contributed by atoms with Gasteiger partial charge in [-0.2, -0.15) is 0 Å². The van der Waals surface area contributed by atoms with Crippen LogP contribution in [0.4, 0.5) is 10.1 Å². The van der Waals surface area contributed by atoms with Crippen molar-refractivity contribution >= 4 is 5.69 Å². The van der Waals surface area contributed by atoms with Gasteiger partial charge in [-0.3, -0.25) is 0 Å². The molecule has 4 nitrogen and oxygen atoms in total. The lowest BCUT2D eigenvalue weighted by Crippen LogP contribution is -2.27. The number of rotatable bonds is 4. The van der Waals surface area contributed by atoms with Gasteiger partial charge in [0.15, 0.2) is 0 Å². The molecule has 1 heterocycles. The predicted molar refractivity (Wildman–Crippen MR) is 68.1 cm³/mol. The molecule has 0 saturated carbocycles. The van der Waals surface area contributed by atoms with Crippen molar-refractivity contribution in [3.05, 3.63) is 29.6 Å². The fourth-order valence-corrected chi connectivity index (χ4v) is 2.31. The number of anilines is 1. The molecule has 2 rings (SSSR count). The molecule has 1 fully saturated rings. The monoisotopic (exact) mass is 254 g/mol. The summed E-state index contributed by atoms with van der Waals surface area (Å²) < 4.78 is 24.4. The SMILES string of the molecule is COC1CN(c2ccc(CN)c(F)c2)CC1OC. The molecule has 0 radical (unpaired) electrons. The molecule has 1 aromatic carbocycles. The number of hydrogen-bond acceptors (Lipinski definition) is 4. The third kappa shape index (κ3) is 2.48. The highest BCUT2D eigenvalue weighted by Crippen LogP contribution is 2.25. The maximum atomic E-state index is 13.7. The summed E-state index contributed by atoms with van der Waals surface area (Å²) in [4.78, 5) is 2.06. The van der Waals surface area contributed by atoms with Crippen LogP contribution in [-0.4, -0.2) is 39.5 Å². The zero-order chi connectivity index (χ0) is 13.1. The van der Waals surface area contributed by atoms with E-state index in [4.69, 9.17) is 15.2 Å². The molecule has 0 aliphatic carbocycles. The highest BCUT2D eigenvalue weighted by atomic mass is 19.1. The summed E-state index contributed by atoms with van der Waals surface area (Å²) in [5.74, 6) is -0.259. The molecule has 2 atom stereocenters. The lowest BCUT2D eigenvalue weighted by Gasteiger charge is -2.18. The van der Waals surface area contributed by atoms with E-state index in [0.717, 1.165) is 5.69 Å². The second-order valence-corrected chi connectivity index (χ2v) is 4.43. The Morgan fingerprint density at radius 1 is 1.28 bits per heavy atom. The zero-order valence-corrected chi connectivity index (χ0v) is 10.7. The molecule has 2 N–H and O–H groups in total. The summed E-state index contributed by atoms with van der Waals surface area (Å²) >= 11 is 0. The third-order valence-electron chi connectivity index (χ3n) is 3.44. The molecular weight excluding hydrogens is 235 g/mol. The lowest BCUT2D eigenvalue weighted by atomic mass is 10.2. The van der Waals surface area contributed by atoms with Gasteiger partial charge in [-0.15, -0.1) is 0 Å². The van der Waals surface area contributed by atoms with Crippen molar-refractivity contribution in [2.75, 3.05) is 32.2 Å². The molecular formula is C13H19FN2O2. The average molecular weight is 254 g/mol. The lowest BCUT2D eigenvalue weighted by molar-refractivity contribution is -0.00461. The van der Waals surface area contributed by atoms with E-state index in [-0.39, 0.29) is 24.6 Å². The summed E-state index contributed by atoms with van der Waals surface area (Å²) in [6.45, 7) is 1.63. The van der Waals surface area contributed by atoms with Gasteiger partial charge in [-0.25, -0.2) is 4.39 Å². The summed E-state index contributed by atoms with van der Waals surface area (Å²) in [6.07, 6.45) is 0.0412. The van der Waals surface area contributed by atoms with Gasteiger partial charge >= 0.3 is 0 Å². The Morgan fingerprint density at radius 2 is 1.89 bits per heavy atom. The smallest absolute Gasteiger partial charge is 0.129 e. The predicted octanol–water partition coefficient (Wildman–Crippen LogP) is 1.13. The number of benzene rings is 1. The van der Waals surface area contributed by atoms with Crippen molar-refractivity contribution < 1.29 is 13.9 Å². The second kappa shape index (κ2) is 5.65. The number of nitrogens with zero attached hydrogens (tertiary/aromatic N) is 1. The topological polar surface area (TPSA) is 47.7 Å². The highest BCUT2D eigenvalue weighted by Gasteiger charge is 2.33. The minimum atomic E-state index is -0.259. The highest BCUT2D eigenvalue weighted by molar-refractivity contribution is 5.49. The number of methoxy groups -OCH3 is 2. The van der Waals surface area contributed by atoms with Crippen LogP contribution in [-0.2, 0) is 16.0 Å². The quantitative estimate of drug-likeness (QED) is 0.875. The number of halogens is 1. The first-order chi connectivity index (χ1) is 8.69. The zero-order valence-electron chi connectivity index (χ0n) is 10.7. The summed E-state index contributed by atoms with van der Waals surface area (Å²) in [5.41, 5.74) is 6.82. The van der Waals surface area contributed by atoms with E-state index in [1.807, 2.05) is 6.07 Å². The Labute approximate surface area is 106 Å². The Bertz CT molecular complexity index is 402. The first kappa shape index (κ1) is 13.3. The Balaban J connectivity index is 2.15. The van der Waals surface area contributed by atoms with Crippen molar-refractivity contribution in [2.45, 2.75) is 18.8 Å². The Morgan fingerprint density at radius 3 is 2.33 bits per heavy atom. The van der Waals surface area contributed by atoms with E-state index >= 15 is 0 Å². The number of nitrogens with two attached hydrogens (primary N) is 1. The molecule has 1 aromatic rings. The van der Waals surface area contributed by atoms with Gasteiger partial charge in [0.05, 0.1) is 0 Å². The molecule has 5 heteroatoms. The summed E-state index contributed by atoms with van der Waals surface area (Å²) in [5, 5.41) is 0. The Hall–Kier alpha value is -1.17. The fourth-order valence-electron chi connectivity index (χ4n) is 2.31. The van der Waals surface area contributed by atoms with Crippen molar-refractivity contribution in [2.24, 2.45) is 5.73 Å². The van der Waals surface area contributed by atoms with Crippen LogP contribution >= 0.6 is 0 Å². The van der Waals surface area contributed by atoms with Crippen LogP contribution in [0.25, 0.3) is 0 Å². The van der Waals surface area contributed by atoms with E-state index in [9.17, 15) is 4.39 Å². The van der Waals surface area contributed by atoms with E-state index < -0.39 is 0 Å². The van der Waals surface area contributed by atoms with E-state index in [0.29, 0.717) is 18.7 Å². The molecule has 0 aromatic heterocycles. The maximum absolute atomic E-state index is 13.7. The molecule has 0 amide bonds. The maximum Gasteiger partial charge on any atom is 0.129 e. The van der Waals surface area contributed by atoms with Gasteiger partial charge in [0.2, 0.25) is 0 Å². The molecule has 0 spiro atoms. The van der Waals surface area contributed by atoms with E-state index in [1.165, 1.54) is 6.07 Å². The van der Waals surface area contributed by atoms with Gasteiger partial charge < -0.3 is 20.1 Å². The van der Waals surface area contributed by atoms with E-state index in [1.54, 1.807) is 20.3 Å². The summed E-state index contributed by atoms with van der Waals surface area (Å²) in [6, 6.07) is 5.13. The fraction of sp³-hybridized carbons (Fsp3) is 0.538. The third-order valence-corrected chi connectivity index (χ3v) is 3.44. The molecule has 1 saturated heterocycles. The second-order valence-electron chi connectivity index (χ2n) is 4.43. The molecule has 0 bridgehead atoms. The van der Waals surface area contributed by atoms with Gasteiger partial charge in [-0.05, 0) is 12.1 Å². The minimum Gasteiger partial charge on any atom is -0.377 e. The molecule has 1 aliphatic heterocycles.